The number of nitrogens with zero attached hydrogens (tertiary/aromatic N) is 4. The Hall–Kier alpha value is -3.69. The Balaban J connectivity index is 2.18. The lowest BCUT2D eigenvalue weighted by Crippen LogP contribution is -2.46. The van der Waals surface area contributed by atoms with E-state index in [1.54, 1.807) is 39.2 Å². The van der Waals surface area contributed by atoms with E-state index >= 15 is 0 Å². The standard InChI is InChI=1S/C24H30N4O6/c1-23(2,3)20(30)34-15-28-18-17(26(14-25-18)12-16-10-8-7-9-11-16)19(29)27(22(28)32)13-24(4,5)21(31)33-6/h7-11,14H,12-13,15H2,1-6H3. The molecule has 0 atom stereocenters. The normalized spacial score (nSPS) is 12.1. The van der Waals surface area contributed by atoms with Crippen molar-refractivity contribution in [1.82, 2.24) is 18.7 Å². The van der Waals surface area contributed by atoms with Gasteiger partial charge in [-0.25, -0.2) is 14.3 Å². The van der Waals surface area contributed by atoms with Crippen molar-refractivity contribution in [2.24, 2.45) is 10.8 Å². The fraction of sp³-hybridized carbons (Fsp3) is 0.458. The topological polar surface area (TPSA) is 114 Å². The lowest BCUT2D eigenvalue weighted by molar-refractivity contribution is -0.157. The van der Waals surface area contributed by atoms with Crippen LogP contribution in [0.5, 0.6) is 0 Å². The molecule has 34 heavy (non-hydrogen) atoms. The van der Waals surface area contributed by atoms with Gasteiger partial charge in [0.05, 0.1) is 24.3 Å². The molecule has 3 rings (SSSR count). The van der Waals surface area contributed by atoms with Gasteiger partial charge in [0.1, 0.15) is 0 Å². The number of fused-ring (bicyclic) bond motifs is 1. The molecule has 1 aromatic carbocycles. The van der Waals surface area contributed by atoms with Crippen LogP contribution < -0.4 is 11.2 Å². The molecule has 10 nitrogen and oxygen atoms in total. The van der Waals surface area contributed by atoms with E-state index in [1.165, 1.54) is 13.4 Å². The number of aromatic nitrogens is 4. The molecule has 0 saturated carbocycles. The largest absolute Gasteiger partial charge is 0.469 e. The molecule has 0 fully saturated rings. The minimum atomic E-state index is -1.16. The minimum absolute atomic E-state index is 0.0970. The van der Waals surface area contributed by atoms with Gasteiger partial charge in [0.2, 0.25) is 0 Å². The van der Waals surface area contributed by atoms with Gasteiger partial charge in [-0.3, -0.25) is 19.0 Å². The summed E-state index contributed by atoms with van der Waals surface area (Å²) in [5, 5.41) is 0. The van der Waals surface area contributed by atoms with Crippen LogP contribution in [0, 0.1) is 10.8 Å². The first kappa shape index (κ1) is 24.9. The number of esters is 2. The summed E-state index contributed by atoms with van der Waals surface area (Å²) in [6, 6.07) is 9.47. The zero-order chi connectivity index (χ0) is 25.3. The predicted octanol–water partition coefficient (Wildman–Crippen LogP) is 2.15. The average Bonchev–Trinajstić information content (AvgIpc) is 3.19. The van der Waals surface area contributed by atoms with Crippen LogP contribution >= 0.6 is 0 Å². The van der Waals surface area contributed by atoms with Gasteiger partial charge in [-0.2, -0.15) is 0 Å². The van der Waals surface area contributed by atoms with Crippen molar-refractivity contribution >= 4 is 23.1 Å². The fourth-order valence-electron chi connectivity index (χ4n) is 3.47. The van der Waals surface area contributed by atoms with Gasteiger partial charge in [-0.05, 0) is 40.2 Å². The molecule has 0 saturated heterocycles. The van der Waals surface area contributed by atoms with E-state index in [2.05, 4.69) is 4.98 Å². The lowest BCUT2D eigenvalue weighted by atomic mass is 9.93. The molecule has 182 valence electrons. The number of carbonyl (C=O) groups excluding carboxylic acids is 2. The highest BCUT2D eigenvalue weighted by Crippen LogP contribution is 2.20. The molecule has 0 radical (unpaired) electrons. The van der Waals surface area contributed by atoms with E-state index in [0.29, 0.717) is 6.54 Å². The molecular weight excluding hydrogens is 440 g/mol. The molecule has 10 heteroatoms. The van der Waals surface area contributed by atoms with E-state index < -0.39 is 40.7 Å². The number of ether oxygens (including phenoxy) is 2. The van der Waals surface area contributed by atoms with Crippen LogP contribution in [-0.4, -0.2) is 37.7 Å². The summed E-state index contributed by atoms with van der Waals surface area (Å²) in [6.07, 6.45) is 1.47. The number of carbonyl (C=O) groups is 2. The maximum atomic E-state index is 13.5. The monoisotopic (exact) mass is 470 g/mol. The fourth-order valence-corrected chi connectivity index (χ4v) is 3.47. The predicted molar refractivity (Wildman–Crippen MR) is 125 cm³/mol. The number of benzene rings is 1. The van der Waals surface area contributed by atoms with Crippen LogP contribution in [0.25, 0.3) is 11.2 Å². The maximum Gasteiger partial charge on any atom is 0.335 e. The van der Waals surface area contributed by atoms with E-state index in [0.717, 1.165) is 14.7 Å². The molecule has 2 aromatic heterocycles. The van der Waals surface area contributed by atoms with Gasteiger partial charge in [0.25, 0.3) is 5.56 Å². The molecular formula is C24H30N4O6. The van der Waals surface area contributed by atoms with Crippen LogP contribution in [-0.2, 0) is 38.9 Å². The number of methoxy groups -OCH3 is 1. The van der Waals surface area contributed by atoms with Gasteiger partial charge in [-0.1, -0.05) is 30.3 Å². The van der Waals surface area contributed by atoms with Crippen molar-refractivity contribution in [3.8, 4) is 0 Å². The third kappa shape index (κ3) is 4.95. The zero-order valence-corrected chi connectivity index (χ0v) is 20.3. The highest BCUT2D eigenvalue weighted by Gasteiger charge is 2.32. The summed E-state index contributed by atoms with van der Waals surface area (Å²) in [4.78, 5) is 55.7. The Kier molecular flexibility index (Phi) is 6.81. The Morgan fingerprint density at radius 3 is 2.21 bits per heavy atom. The Morgan fingerprint density at radius 2 is 1.62 bits per heavy atom. The van der Waals surface area contributed by atoms with E-state index in [-0.39, 0.29) is 17.7 Å². The van der Waals surface area contributed by atoms with Crippen molar-refractivity contribution < 1.29 is 19.1 Å². The van der Waals surface area contributed by atoms with Gasteiger partial charge >= 0.3 is 17.6 Å². The van der Waals surface area contributed by atoms with E-state index in [1.807, 2.05) is 30.3 Å². The Labute approximate surface area is 196 Å². The Morgan fingerprint density at radius 1 is 0.971 bits per heavy atom. The molecule has 0 aliphatic heterocycles. The molecule has 0 aliphatic carbocycles. The summed E-state index contributed by atoms with van der Waals surface area (Å²) in [7, 11) is 1.25. The molecule has 2 heterocycles. The van der Waals surface area contributed by atoms with Crippen LogP contribution in [0.3, 0.4) is 0 Å². The summed E-state index contributed by atoms with van der Waals surface area (Å²) < 4.78 is 13.9. The summed E-state index contributed by atoms with van der Waals surface area (Å²) >= 11 is 0. The molecule has 0 aliphatic rings. The molecule has 0 spiro atoms. The van der Waals surface area contributed by atoms with Crippen LogP contribution in [0.2, 0.25) is 0 Å². The summed E-state index contributed by atoms with van der Waals surface area (Å²) in [5.41, 5.74) is -2.08. The second-order valence-corrected chi connectivity index (χ2v) is 9.82. The van der Waals surface area contributed by atoms with Crippen LogP contribution in [0.15, 0.2) is 46.2 Å². The van der Waals surface area contributed by atoms with Gasteiger partial charge in [-0.15, -0.1) is 0 Å². The maximum absolute atomic E-state index is 13.5. The number of rotatable bonds is 7. The van der Waals surface area contributed by atoms with Crippen molar-refractivity contribution in [3.05, 3.63) is 63.1 Å². The van der Waals surface area contributed by atoms with Crippen molar-refractivity contribution in [1.29, 1.82) is 0 Å². The summed E-state index contributed by atoms with van der Waals surface area (Å²) in [6.45, 7) is 7.95. The van der Waals surface area contributed by atoms with Crippen molar-refractivity contribution in [2.45, 2.75) is 54.4 Å². The summed E-state index contributed by atoms with van der Waals surface area (Å²) in [5.74, 6) is -1.08. The number of hydrogen-bond acceptors (Lipinski definition) is 7. The molecule has 0 bridgehead atoms. The highest BCUT2D eigenvalue weighted by atomic mass is 16.5. The smallest absolute Gasteiger partial charge is 0.335 e. The lowest BCUT2D eigenvalue weighted by Gasteiger charge is -2.23. The first-order valence-electron chi connectivity index (χ1n) is 10.8. The third-order valence-corrected chi connectivity index (χ3v) is 5.41. The molecule has 3 aromatic rings. The minimum Gasteiger partial charge on any atom is -0.469 e. The van der Waals surface area contributed by atoms with Gasteiger partial charge in [0.15, 0.2) is 17.9 Å². The number of hydrogen-bond donors (Lipinski definition) is 0. The van der Waals surface area contributed by atoms with Crippen molar-refractivity contribution in [3.63, 3.8) is 0 Å². The highest BCUT2D eigenvalue weighted by molar-refractivity contribution is 5.76. The van der Waals surface area contributed by atoms with Gasteiger partial charge in [0, 0.05) is 13.1 Å². The third-order valence-electron chi connectivity index (χ3n) is 5.41. The van der Waals surface area contributed by atoms with Gasteiger partial charge < -0.3 is 14.0 Å². The zero-order valence-electron chi connectivity index (χ0n) is 20.3. The van der Waals surface area contributed by atoms with Crippen LogP contribution in [0.4, 0.5) is 0 Å². The van der Waals surface area contributed by atoms with E-state index in [4.69, 9.17) is 9.47 Å². The molecule has 0 amide bonds. The number of imidazole rings is 1. The second-order valence-electron chi connectivity index (χ2n) is 9.82. The second kappa shape index (κ2) is 9.28. The molecule has 0 N–H and O–H groups in total. The SMILES string of the molecule is COC(=O)C(C)(C)Cn1c(=O)c2c(ncn2Cc2ccccc2)n(COC(=O)C(C)(C)C)c1=O. The van der Waals surface area contributed by atoms with Crippen LogP contribution in [0.1, 0.15) is 40.2 Å². The quantitative estimate of drug-likeness (QED) is 0.486. The first-order chi connectivity index (χ1) is 15.9. The molecule has 0 unspecified atom stereocenters. The Bertz CT molecular complexity index is 1330. The first-order valence-corrected chi connectivity index (χ1v) is 10.8. The average molecular weight is 471 g/mol. The van der Waals surface area contributed by atoms with Crippen molar-refractivity contribution in [2.75, 3.05) is 7.11 Å². The van der Waals surface area contributed by atoms with E-state index in [9.17, 15) is 19.2 Å².